The highest BCUT2D eigenvalue weighted by molar-refractivity contribution is 7.15. The topological polar surface area (TPSA) is 85.2 Å². The van der Waals surface area contributed by atoms with Crippen molar-refractivity contribution in [2.75, 3.05) is 11.9 Å². The standard InChI is InChI=1S/C18H21FN6O2S/c1-10-6-12(27-17-13-7-21-24(3)14(13)4-5-20-17)8-25(10)9-15-16(19)23-18(28-15)22-11(2)26/h4-5,7,10,12H,6,8-9H2,1-3H3,(H,22,23,26)/t10-,12+/m0/s1. The van der Waals surface area contributed by atoms with Crippen LogP contribution in [-0.2, 0) is 18.4 Å². The third-order valence-corrected chi connectivity index (χ3v) is 5.79. The van der Waals surface area contributed by atoms with Gasteiger partial charge in [0, 0.05) is 45.7 Å². The Balaban J connectivity index is 1.45. The van der Waals surface area contributed by atoms with E-state index in [-0.39, 0.29) is 23.2 Å². The normalized spacial score (nSPS) is 20.0. The van der Waals surface area contributed by atoms with Crippen LogP contribution in [0.3, 0.4) is 0 Å². The van der Waals surface area contributed by atoms with Crippen molar-refractivity contribution < 1.29 is 13.9 Å². The first-order valence-corrected chi connectivity index (χ1v) is 9.82. The van der Waals surface area contributed by atoms with E-state index in [1.54, 1.807) is 17.1 Å². The van der Waals surface area contributed by atoms with Crippen LogP contribution >= 0.6 is 11.3 Å². The number of halogens is 1. The van der Waals surface area contributed by atoms with Gasteiger partial charge in [0.2, 0.25) is 17.7 Å². The smallest absolute Gasteiger partial charge is 0.230 e. The van der Waals surface area contributed by atoms with Crippen LogP contribution < -0.4 is 10.1 Å². The maximum absolute atomic E-state index is 14.1. The highest BCUT2D eigenvalue weighted by Crippen LogP contribution is 2.30. The molecule has 8 nitrogen and oxygen atoms in total. The predicted molar refractivity (Wildman–Crippen MR) is 104 cm³/mol. The molecule has 1 N–H and O–H groups in total. The molecular formula is C18H21FN6O2S. The monoisotopic (exact) mass is 404 g/mol. The van der Waals surface area contributed by atoms with Crippen molar-refractivity contribution in [1.29, 1.82) is 0 Å². The van der Waals surface area contributed by atoms with E-state index < -0.39 is 5.95 Å². The number of ether oxygens (including phenoxy) is 1. The first-order chi connectivity index (χ1) is 13.4. The number of amides is 1. The molecule has 28 heavy (non-hydrogen) atoms. The summed E-state index contributed by atoms with van der Waals surface area (Å²) in [5, 5.41) is 7.95. The van der Waals surface area contributed by atoms with Crippen LogP contribution in [0.4, 0.5) is 9.52 Å². The molecular weight excluding hydrogens is 383 g/mol. The molecule has 0 aromatic carbocycles. The number of rotatable bonds is 5. The molecule has 1 aliphatic heterocycles. The fourth-order valence-corrected chi connectivity index (χ4v) is 4.39. The molecule has 0 saturated carbocycles. The van der Waals surface area contributed by atoms with Gasteiger partial charge in [-0.3, -0.25) is 14.4 Å². The summed E-state index contributed by atoms with van der Waals surface area (Å²) in [5.74, 6) is -0.228. The number of anilines is 1. The summed E-state index contributed by atoms with van der Waals surface area (Å²) < 4.78 is 22.1. The molecule has 0 unspecified atom stereocenters. The Morgan fingerprint density at radius 1 is 1.50 bits per heavy atom. The third-order valence-electron chi connectivity index (χ3n) is 4.86. The lowest BCUT2D eigenvalue weighted by Gasteiger charge is -2.19. The molecule has 4 heterocycles. The van der Waals surface area contributed by atoms with Crippen molar-refractivity contribution in [2.24, 2.45) is 7.05 Å². The zero-order valence-corrected chi connectivity index (χ0v) is 16.7. The van der Waals surface area contributed by atoms with Crippen LogP contribution in [0.15, 0.2) is 18.5 Å². The summed E-state index contributed by atoms with van der Waals surface area (Å²) in [6.45, 7) is 4.55. The molecule has 2 atom stereocenters. The van der Waals surface area contributed by atoms with Crippen LogP contribution in [0, 0.1) is 5.95 Å². The number of thiazole rings is 1. The van der Waals surface area contributed by atoms with E-state index in [0.717, 1.165) is 28.7 Å². The van der Waals surface area contributed by atoms with Crippen LogP contribution in [-0.4, -0.2) is 49.2 Å². The van der Waals surface area contributed by atoms with Crippen LogP contribution in [0.25, 0.3) is 10.9 Å². The minimum Gasteiger partial charge on any atom is -0.472 e. The maximum Gasteiger partial charge on any atom is 0.230 e. The second-order valence-electron chi connectivity index (χ2n) is 6.99. The summed E-state index contributed by atoms with van der Waals surface area (Å²) in [4.78, 5) is 21.9. The quantitative estimate of drug-likeness (QED) is 0.704. The first-order valence-electron chi connectivity index (χ1n) is 9.01. The van der Waals surface area contributed by atoms with Crippen molar-refractivity contribution in [3.63, 3.8) is 0 Å². The van der Waals surface area contributed by atoms with Crippen molar-refractivity contribution in [2.45, 2.75) is 39.0 Å². The Bertz CT molecular complexity index is 1020. The molecule has 3 aromatic heterocycles. The molecule has 0 radical (unpaired) electrons. The number of nitrogens with zero attached hydrogens (tertiary/aromatic N) is 5. The molecule has 1 fully saturated rings. The Hall–Kier alpha value is -2.59. The zero-order chi connectivity index (χ0) is 19.8. The van der Waals surface area contributed by atoms with Gasteiger partial charge in [-0.1, -0.05) is 11.3 Å². The zero-order valence-electron chi connectivity index (χ0n) is 15.8. The van der Waals surface area contributed by atoms with Gasteiger partial charge >= 0.3 is 0 Å². The maximum atomic E-state index is 14.1. The molecule has 1 aliphatic rings. The number of carbonyl (C=O) groups is 1. The minimum atomic E-state index is -0.535. The summed E-state index contributed by atoms with van der Waals surface area (Å²) in [6.07, 6.45) is 4.24. The molecule has 0 bridgehead atoms. The van der Waals surface area contributed by atoms with E-state index in [0.29, 0.717) is 23.8 Å². The Morgan fingerprint density at radius 2 is 2.32 bits per heavy atom. The van der Waals surface area contributed by atoms with E-state index in [9.17, 15) is 9.18 Å². The SMILES string of the molecule is CC(=O)Nc1nc(F)c(CN2C[C@H](Oc3nccc4c3cnn4C)C[C@@H]2C)s1. The van der Waals surface area contributed by atoms with Crippen LogP contribution in [0.1, 0.15) is 25.1 Å². The summed E-state index contributed by atoms with van der Waals surface area (Å²) in [5.41, 5.74) is 0.963. The van der Waals surface area contributed by atoms with Crippen molar-refractivity contribution in [3.05, 3.63) is 29.3 Å². The van der Waals surface area contributed by atoms with Gasteiger partial charge < -0.3 is 10.1 Å². The Labute approximate surface area is 165 Å². The van der Waals surface area contributed by atoms with E-state index in [1.807, 2.05) is 13.1 Å². The summed E-state index contributed by atoms with van der Waals surface area (Å²) in [7, 11) is 1.88. The fourth-order valence-electron chi connectivity index (χ4n) is 3.48. The van der Waals surface area contributed by atoms with E-state index in [4.69, 9.17) is 4.74 Å². The Morgan fingerprint density at radius 3 is 3.11 bits per heavy atom. The number of pyridine rings is 1. The molecule has 3 aromatic rings. The lowest BCUT2D eigenvalue weighted by atomic mass is 10.2. The van der Waals surface area contributed by atoms with Gasteiger partial charge in [-0.15, -0.1) is 0 Å². The molecule has 1 amide bonds. The fraction of sp³-hybridized carbons (Fsp3) is 0.444. The van der Waals surface area contributed by atoms with Crippen LogP contribution in [0.2, 0.25) is 0 Å². The number of likely N-dealkylation sites (tertiary alicyclic amines) is 1. The second kappa shape index (κ2) is 7.44. The number of carbonyl (C=O) groups excluding carboxylic acids is 1. The van der Waals surface area contributed by atoms with Gasteiger partial charge in [-0.05, 0) is 13.0 Å². The van der Waals surface area contributed by atoms with Crippen molar-refractivity contribution >= 4 is 33.3 Å². The van der Waals surface area contributed by atoms with Gasteiger partial charge in [-0.2, -0.15) is 14.5 Å². The van der Waals surface area contributed by atoms with Crippen molar-refractivity contribution in [1.82, 2.24) is 24.6 Å². The highest BCUT2D eigenvalue weighted by atomic mass is 32.1. The average Bonchev–Trinajstić information content (AvgIpc) is 3.27. The van der Waals surface area contributed by atoms with Crippen molar-refractivity contribution in [3.8, 4) is 5.88 Å². The number of nitrogens with one attached hydrogen (secondary N) is 1. The lowest BCUT2D eigenvalue weighted by molar-refractivity contribution is -0.114. The van der Waals surface area contributed by atoms with Gasteiger partial charge in [0.15, 0.2) is 5.13 Å². The van der Waals surface area contributed by atoms with E-state index >= 15 is 0 Å². The number of hydrogen-bond acceptors (Lipinski definition) is 7. The average molecular weight is 404 g/mol. The summed E-state index contributed by atoms with van der Waals surface area (Å²) in [6, 6.07) is 2.13. The summed E-state index contributed by atoms with van der Waals surface area (Å²) >= 11 is 1.16. The molecule has 0 spiro atoms. The third kappa shape index (κ3) is 3.69. The van der Waals surface area contributed by atoms with Gasteiger partial charge in [0.05, 0.1) is 22.0 Å². The molecule has 4 rings (SSSR count). The number of aromatic nitrogens is 4. The second-order valence-corrected chi connectivity index (χ2v) is 8.07. The van der Waals surface area contributed by atoms with E-state index in [1.165, 1.54) is 6.92 Å². The van der Waals surface area contributed by atoms with E-state index in [2.05, 4.69) is 32.2 Å². The van der Waals surface area contributed by atoms with Gasteiger partial charge in [0.25, 0.3) is 0 Å². The molecule has 0 aliphatic carbocycles. The molecule has 1 saturated heterocycles. The number of fused-ring (bicyclic) bond motifs is 1. The molecule has 148 valence electrons. The molecule has 10 heteroatoms. The Kier molecular flexibility index (Phi) is 4.98. The largest absolute Gasteiger partial charge is 0.472 e. The van der Waals surface area contributed by atoms with Gasteiger partial charge in [0.1, 0.15) is 6.10 Å². The number of hydrogen-bond donors (Lipinski definition) is 1. The highest BCUT2D eigenvalue weighted by Gasteiger charge is 2.32. The number of aryl methyl sites for hydroxylation is 1. The first kappa shape index (κ1) is 18.8. The van der Waals surface area contributed by atoms with Crippen LogP contribution in [0.5, 0.6) is 5.88 Å². The van der Waals surface area contributed by atoms with Gasteiger partial charge in [-0.25, -0.2) is 4.98 Å². The minimum absolute atomic E-state index is 0.0425. The lowest BCUT2D eigenvalue weighted by Crippen LogP contribution is -2.28. The predicted octanol–water partition coefficient (Wildman–Crippen LogP) is 2.56.